The van der Waals surface area contributed by atoms with Crippen molar-refractivity contribution in [2.75, 3.05) is 25.4 Å². The van der Waals surface area contributed by atoms with E-state index >= 15 is 0 Å². The van der Waals surface area contributed by atoms with Gasteiger partial charge in [-0.1, -0.05) is 26.0 Å². The van der Waals surface area contributed by atoms with Gasteiger partial charge < -0.3 is 5.73 Å². The van der Waals surface area contributed by atoms with Crippen molar-refractivity contribution in [2.24, 2.45) is 0 Å². The molecule has 2 N–H and O–H groups in total. The highest BCUT2D eigenvalue weighted by atomic mass is 19.4. The quantitative estimate of drug-likeness (QED) is 0.767. The molecule has 1 aromatic carbocycles. The Morgan fingerprint density at radius 1 is 1.15 bits per heavy atom. The van der Waals surface area contributed by atoms with Gasteiger partial charge in [0.25, 0.3) is 0 Å². The maximum atomic E-state index is 12.5. The minimum absolute atomic E-state index is 0.225. The number of rotatable bonds is 7. The maximum Gasteiger partial charge on any atom is 0.401 e. The second kappa shape index (κ2) is 7.53. The molecule has 0 fully saturated rings. The fraction of sp³-hybridized carbons (Fsp3) is 0.600. The van der Waals surface area contributed by atoms with E-state index < -0.39 is 12.7 Å². The molecule has 1 rings (SSSR count). The lowest BCUT2D eigenvalue weighted by molar-refractivity contribution is -0.146. The van der Waals surface area contributed by atoms with Crippen LogP contribution in [0.15, 0.2) is 24.3 Å². The summed E-state index contributed by atoms with van der Waals surface area (Å²) in [6, 6.07) is 7.53. The number of benzene rings is 1. The first-order valence-electron chi connectivity index (χ1n) is 6.96. The van der Waals surface area contributed by atoms with Crippen LogP contribution in [0.1, 0.15) is 38.2 Å². The molecule has 0 aliphatic rings. The molecule has 20 heavy (non-hydrogen) atoms. The van der Waals surface area contributed by atoms with Gasteiger partial charge in [0.2, 0.25) is 0 Å². The van der Waals surface area contributed by atoms with Gasteiger partial charge >= 0.3 is 6.18 Å². The van der Waals surface area contributed by atoms with E-state index in [4.69, 9.17) is 5.73 Å². The first-order chi connectivity index (χ1) is 9.31. The van der Waals surface area contributed by atoms with E-state index in [1.54, 1.807) is 0 Å². The lowest BCUT2D eigenvalue weighted by atomic mass is 9.97. The fourth-order valence-electron chi connectivity index (χ4n) is 2.21. The molecule has 1 atom stereocenters. The molecule has 0 aliphatic carbocycles. The topological polar surface area (TPSA) is 29.3 Å². The molecular formula is C15H23F3N2. The Morgan fingerprint density at radius 3 is 2.25 bits per heavy atom. The number of nitrogen functional groups attached to an aromatic ring is 1. The Kier molecular flexibility index (Phi) is 6.33. The Labute approximate surface area is 118 Å². The molecule has 1 unspecified atom stereocenters. The van der Waals surface area contributed by atoms with Crippen molar-refractivity contribution in [1.82, 2.24) is 4.90 Å². The lowest BCUT2D eigenvalue weighted by Crippen LogP contribution is -2.35. The minimum atomic E-state index is -4.13. The van der Waals surface area contributed by atoms with E-state index in [9.17, 15) is 13.2 Å². The van der Waals surface area contributed by atoms with Gasteiger partial charge in [-0.15, -0.1) is 0 Å². The summed E-state index contributed by atoms with van der Waals surface area (Å²) in [5, 5.41) is 0. The monoisotopic (exact) mass is 288 g/mol. The normalized spacial score (nSPS) is 13.7. The average molecular weight is 288 g/mol. The number of nitrogens with two attached hydrogens (primary N) is 1. The van der Waals surface area contributed by atoms with Gasteiger partial charge in [-0.05, 0) is 49.5 Å². The van der Waals surface area contributed by atoms with Crippen molar-refractivity contribution < 1.29 is 13.2 Å². The summed E-state index contributed by atoms with van der Waals surface area (Å²) >= 11 is 0. The molecule has 0 amide bonds. The second-order valence-electron chi connectivity index (χ2n) is 5.25. The summed E-state index contributed by atoms with van der Waals surface area (Å²) in [5.74, 6) is 0.225. The average Bonchev–Trinajstić information content (AvgIpc) is 2.35. The zero-order valence-electron chi connectivity index (χ0n) is 12.1. The van der Waals surface area contributed by atoms with Gasteiger partial charge in [0.05, 0.1) is 6.54 Å². The van der Waals surface area contributed by atoms with Crippen LogP contribution >= 0.6 is 0 Å². The number of nitrogens with zero attached hydrogens (tertiary/aromatic N) is 1. The van der Waals surface area contributed by atoms with Crippen molar-refractivity contribution in [1.29, 1.82) is 0 Å². The summed E-state index contributed by atoms with van der Waals surface area (Å²) in [5.41, 5.74) is 7.44. The molecule has 0 saturated heterocycles. The van der Waals surface area contributed by atoms with Crippen LogP contribution in [0.25, 0.3) is 0 Å². The lowest BCUT2D eigenvalue weighted by Gasteiger charge is -2.24. The smallest absolute Gasteiger partial charge is 0.399 e. The van der Waals surface area contributed by atoms with E-state index in [0.717, 1.165) is 12.0 Å². The Balaban J connectivity index is 2.51. The Hall–Kier alpha value is -1.23. The number of halogens is 3. The van der Waals surface area contributed by atoms with Crippen LogP contribution in [0.5, 0.6) is 0 Å². The van der Waals surface area contributed by atoms with Crippen molar-refractivity contribution in [3.8, 4) is 0 Å². The van der Waals surface area contributed by atoms with Gasteiger partial charge in [-0.3, -0.25) is 4.90 Å². The predicted molar refractivity (Wildman–Crippen MR) is 76.7 cm³/mol. The van der Waals surface area contributed by atoms with E-state index in [-0.39, 0.29) is 5.92 Å². The SMILES string of the molecule is CCCN(CCC(C)c1ccc(N)cc1)CC(F)(F)F. The number of alkyl halides is 3. The van der Waals surface area contributed by atoms with Crippen LogP contribution in [0, 0.1) is 0 Å². The molecule has 0 radical (unpaired) electrons. The third kappa shape index (κ3) is 6.28. The molecule has 0 spiro atoms. The summed E-state index contributed by atoms with van der Waals surface area (Å²) in [4.78, 5) is 1.48. The molecule has 0 saturated carbocycles. The van der Waals surface area contributed by atoms with E-state index in [2.05, 4.69) is 0 Å². The van der Waals surface area contributed by atoms with Crippen LogP contribution in [0.3, 0.4) is 0 Å². The van der Waals surface area contributed by atoms with Crippen LogP contribution < -0.4 is 5.73 Å². The molecule has 1 aromatic rings. The highest BCUT2D eigenvalue weighted by molar-refractivity contribution is 5.40. The van der Waals surface area contributed by atoms with E-state index in [1.807, 2.05) is 38.1 Å². The van der Waals surface area contributed by atoms with E-state index in [1.165, 1.54) is 4.90 Å². The Morgan fingerprint density at radius 2 is 1.75 bits per heavy atom. The van der Waals surface area contributed by atoms with Crippen molar-refractivity contribution >= 4 is 5.69 Å². The number of hydrogen-bond acceptors (Lipinski definition) is 2. The zero-order valence-corrected chi connectivity index (χ0v) is 12.1. The van der Waals surface area contributed by atoms with Crippen LogP contribution in [-0.2, 0) is 0 Å². The summed E-state index contributed by atoms with van der Waals surface area (Å²) in [7, 11) is 0. The zero-order chi connectivity index (χ0) is 15.2. The molecule has 0 bridgehead atoms. The van der Waals surface area contributed by atoms with Gasteiger partial charge in [0.15, 0.2) is 0 Å². The predicted octanol–water partition coefficient (Wildman–Crippen LogP) is 4.04. The molecule has 0 aliphatic heterocycles. The summed E-state index contributed by atoms with van der Waals surface area (Å²) in [6.45, 7) is 4.04. The largest absolute Gasteiger partial charge is 0.401 e. The first-order valence-corrected chi connectivity index (χ1v) is 6.96. The second-order valence-corrected chi connectivity index (χ2v) is 5.25. The maximum absolute atomic E-state index is 12.5. The van der Waals surface area contributed by atoms with Gasteiger partial charge in [0, 0.05) is 5.69 Å². The third-order valence-corrected chi connectivity index (χ3v) is 3.33. The highest BCUT2D eigenvalue weighted by Crippen LogP contribution is 2.22. The van der Waals surface area contributed by atoms with Gasteiger partial charge in [-0.2, -0.15) is 13.2 Å². The summed E-state index contributed by atoms with van der Waals surface area (Å²) < 4.78 is 37.4. The number of hydrogen-bond donors (Lipinski definition) is 1. The highest BCUT2D eigenvalue weighted by Gasteiger charge is 2.30. The van der Waals surface area contributed by atoms with Crippen LogP contribution in [0.2, 0.25) is 0 Å². The van der Waals surface area contributed by atoms with Gasteiger partial charge in [0.1, 0.15) is 0 Å². The van der Waals surface area contributed by atoms with Crippen molar-refractivity contribution in [3.05, 3.63) is 29.8 Å². The van der Waals surface area contributed by atoms with Crippen molar-refractivity contribution in [3.63, 3.8) is 0 Å². The first kappa shape index (κ1) is 16.8. The standard InChI is InChI=1S/C15H23F3N2/c1-3-9-20(11-15(16,17)18)10-8-12(2)13-4-6-14(19)7-5-13/h4-7,12H,3,8-11,19H2,1-2H3. The fourth-order valence-corrected chi connectivity index (χ4v) is 2.21. The van der Waals surface area contributed by atoms with Crippen LogP contribution in [0.4, 0.5) is 18.9 Å². The molecule has 0 heterocycles. The van der Waals surface area contributed by atoms with E-state index in [0.29, 0.717) is 25.2 Å². The van der Waals surface area contributed by atoms with Crippen molar-refractivity contribution in [2.45, 2.75) is 38.8 Å². The molecule has 5 heteroatoms. The molecule has 0 aromatic heterocycles. The number of anilines is 1. The third-order valence-electron chi connectivity index (χ3n) is 3.33. The molecular weight excluding hydrogens is 265 g/mol. The molecule has 114 valence electrons. The Bertz CT molecular complexity index is 387. The van der Waals surface area contributed by atoms with Gasteiger partial charge in [-0.25, -0.2) is 0 Å². The summed E-state index contributed by atoms with van der Waals surface area (Å²) in [6.07, 6.45) is -2.69. The van der Waals surface area contributed by atoms with Crippen LogP contribution in [-0.4, -0.2) is 30.7 Å². The molecule has 2 nitrogen and oxygen atoms in total. The minimum Gasteiger partial charge on any atom is -0.399 e.